The van der Waals surface area contributed by atoms with Crippen molar-refractivity contribution in [3.05, 3.63) is 45.5 Å². The molecule has 1 aliphatic heterocycles. The van der Waals surface area contributed by atoms with Crippen molar-refractivity contribution in [3.63, 3.8) is 0 Å². The molecule has 1 saturated heterocycles. The van der Waals surface area contributed by atoms with Crippen LogP contribution in [0.25, 0.3) is 0 Å². The minimum atomic E-state index is -0.671. The Morgan fingerprint density at radius 1 is 0.868 bits per heavy atom. The van der Waals surface area contributed by atoms with Gasteiger partial charge in [0.2, 0.25) is 0 Å². The number of alkyl carbamates (subject to hydrolysis) is 2. The number of para-hydroxylation sites is 1. The Hall–Kier alpha value is -2.62. The molecular weight excluding hydrogens is 553 g/mol. The number of nitrogens with zero attached hydrogens (tertiary/aromatic N) is 2. The number of ether oxygens (including phenoxy) is 2. The topological polar surface area (TPSA) is 105 Å². The summed E-state index contributed by atoms with van der Waals surface area (Å²) in [5.41, 5.74) is -0.150. The molecule has 2 amide bonds. The maximum absolute atomic E-state index is 12.6. The van der Waals surface area contributed by atoms with E-state index in [1.165, 1.54) is 0 Å². The zero-order valence-electron chi connectivity index (χ0n) is 22.3. The molecule has 2 heterocycles. The summed E-state index contributed by atoms with van der Waals surface area (Å²) in [4.78, 5) is 31.3. The van der Waals surface area contributed by atoms with Crippen LogP contribution in [0.1, 0.15) is 48.0 Å². The third-order valence-corrected chi connectivity index (χ3v) is 6.35. The van der Waals surface area contributed by atoms with E-state index in [0.717, 1.165) is 5.69 Å². The highest BCUT2D eigenvalue weighted by atomic mass is 35.5. The van der Waals surface area contributed by atoms with Crippen molar-refractivity contribution in [2.24, 2.45) is 0 Å². The second-order valence-electron chi connectivity index (χ2n) is 11.0. The van der Waals surface area contributed by atoms with Crippen molar-refractivity contribution in [2.45, 2.75) is 71.2 Å². The second-order valence-corrected chi connectivity index (χ2v) is 12.2. The van der Waals surface area contributed by atoms with Gasteiger partial charge >= 0.3 is 12.2 Å². The second kappa shape index (κ2) is 12.1. The number of halogens is 3. The van der Waals surface area contributed by atoms with E-state index in [4.69, 9.17) is 44.3 Å². The first-order valence-electron chi connectivity index (χ1n) is 12.2. The van der Waals surface area contributed by atoms with E-state index < -0.39 is 35.5 Å². The van der Waals surface area contributed by atoms with Gasteiger partial charge < -0.3 is 30.3 Å². The van der Waals surface area contributed by atoms with Crippen LogP contribution in [0, 0.1) is 0 Å². The predicted octanol–water partition coefficient (Wildman–Crippen LogP) is 6.78. The molecule has 3 N–H and O–H groups in total. The van der Waals surface area contributed by atoms with E-state index in [1.807, 2.05) is 35.2 Å². The highest BCUT2D eigenvalue weighted by Gasteiger charge is 2.34. The first kappa shape index (κ1) is 29.9. The lowest BCUT2D eigenvalue weighted by molar-refractivity contribution is 0.0476. The van der Waals surface area contributed by atoms with Crippen molar-refractivity contribution < 1.29 is 19.1 Å². The quantitative estimate of drug-likeness (QED) is 0.332. The third kappa shape index (κ3) is 8.71. The molecule has 0 saturated carbocycles. The molecule has 2 aromatic rings. The molecule has 0 aliphatic carbocycles. The molecule has 2 unspecified atom stereocenters. The number of benzene rings is 1. The van der Waals surface area contributed by atoms with Crippen molar-refractivity contribution in [3.8, 4) is 0 Å². The fourth-order valence-corrected chi connectivity index (χ4v) is 4.74. The van der Waals surface area contributed by atoms with Gasteiger partial charge in [0.1, 0.15) is 21.2 Å². The molecule has 38 heavy (non-hydrogen) atoms. The average molecular weight is 587 g/mol. The lowest BCUT2D eigenvalue weighted by Crippen LogP contribution is -2.58. The Bertz CT molecular complexity index is 1110. The van der Waals surface area contributed by atoms with Gasteiger partial charge in [0.05, 0.1) is 17.8 Å². The molecule has 0 spiro atoms. The van der Waals surface area contributed by atoms with E-state index >= 15 is 0 Å². The Balaban J connectivity index is 1.92. The first-order valence-corrected chi connectivity index (χ1v) is 13.3. The average Bonchev–Trinajstić information content (AvgIpc) is 2.75. The minimum absolute atomic E-state index is 0.0587. The van der Waals surface area contributed by atoms with E-state index in [2.05, 4.69) is 20.9 Å². The fourth-order valence-electron chi connectivity index (χ4n) is 3.96. The maximum atomic E-state index is 12.6. The Morgan fingerprint density at radius 2 is 1.37 bits per heavy atom. The van der Waals surface area contributed by atoms with Crippen molar-refractivity contribution >= 4 is 64.2 Å². The SMILES string of the molecule is CC(C)(C)OC(=O)NC1CC(NC(=O)OC(C)(C)C)CN(c2c(Cl)c(Cl)nc(Nc3ccccc3)c2Cl)C1. The molecule has 12 heteroatoms. The molecule has 208 valence electrons. The van der Waals surface area contributed by atoms with E-state index in [9.17, 15) is 9.59 Å². The van der Waals surface area contributed by atoms with Crippen LogP contribution in [0.5, 0.6) is 0 Å². The van der Waals surface area contributed by atoms with Crippen LogP contribution in [0.2, 0.25) is 15.2 Å². The van der Waals surface area contributed by atoms with Gasteiger partial charge in [-0.15, -0.1) is 0 Å². The Kier molecular flexibility index (Phi) is 9.49. The summed E-state index contributed by atoms with van der Waals surface area (Å²) >= 11 is 19.8. The van der Waals surface area contributed by atoms with Crippen LogP contribution in [-0.2, 0) is 9.47 Å². The summed E-state index contributed by atoms with van der Waals surface area (Å²) in [6, 6.07) is 8.54. The number of pyridine rings is 1. The monoisotopic (exact) mass is 585 g/mol. The smallest absolute Gasteiger partial charge is 0.407 e. The largest absolute Gasteiger partial charge is 0.444 e. The standard InChI is InChI=1S/C26H34Cl3N5O4/c1-25(2,3)37-23(35)31-16-12-17(32-24(36)38-26(4,5)6)14-34(13-16)20-18(27)21(29)33-22(19(20)28)30-15-10-8-7-9-11-15/h7-11,16-17H,12-14H2,1-6H3,(H,30,33)(H,31,35)(H,32,36). The highest BCUT2D eigenvalue weighted by molar-refractivity contribution is 6.46. The first-order chi connectivity index (χ1) is 17.6. The summed E-state index contributed by atoms with van der Waals surface area (Å²) in [6.07, 6.45) is -0.716. The molecule has 2 atom stereocenters. The van der Waals surface area contributed by atoms with Crippen LogP contribution in [0.4, 0.5) is 26.8 Å². The number of hydrogen-bond acceptors (Lipinski definition) is 7. The number of carbonyl (C=O) groups excluding carboxylic acids is 2. The van der Waals surface area contributed by atoms with Gasteiger partial charge in [0.15, 0.2) is 11.0 Å². The normalized spacial score (nSPS) is 18.0. The van der Waals surface area contributed by atoms with Crippen LogP contribution in [-0.4, -0.2) is 53.5 Å². The van der Waals surface area contributed by atoms with Crippen LogP contribution >= 0.6 is 34.8 Å². The zero-order chi connectivity index (χ0) is 28.3. The van der Waals surface area contributed by atoms with Crippen molar-refractivity contribution in [1.29, 1.82) is 0 Å². The summed E-state index contributed by atoms with van der Waals surface area (Å²) in [5, 5.41) is 9.41. The number of carbonyl (C=O) groups is 2. The van der Waals surface area contributed by atoms with Gasteiger partial charge in [0.25, 0.3) is 0 Å². The molecule has 0 bridgehead atoms. The number of anilines is 3. The van der Waals surface area contributed by atoms with Gasteiger partial charge in [-0.3, -0.25) is 0 Å². The summed E-state index contributed by atoms with van der Waals surface area (Å²) in [5.74, 6) is 0.321. The van der Waals surface area contributed by atoms with Gasteiger partial charge in [-0.1, -0.05) is 53.0 Å². The maximum Gasteiger partial charge on any atom is 0.407 e. The summed E-state index contributed by atoms with van der Waals surface area (Å²) in [6.45, 7) is 11.4. The molecule has 1 aromatic heterocycles. The lowest BCUT2D eigenvalue weighted by atomic mass is 10.00. The van der Waals surface area contributed by atoms with Gasteiger partial charge in [-0.05, 0) is 60.1 Å². The number of rotatable bonds is 5. The Labute approximate surface area is 238 Å². The number of piperidine rings is 1. The van der Waals surface area contributed by atoms with Crippen molar-refractivity contribution in [2.75, 3.05) is 23.3 Å². The third-order valence-electron chi connectivity index (χ3n) is 5.26. The van der Waals surface area contributed by atoms with Crippen LogP contribution < -0.4 is 20.9 Å². The fraction of sp³-hybridized carbons (Fsp3) is 0.500. The van der Waals surface area contributed by atoms with E-state index in [-0.39, 0.29) is 15.2 Å². The van der Waals surface area contributed by atoms with Gasteiger partial charge in [0, 0.05) is 18.8 Å². The number of nitrogens with one attached hydrogen (secondary N) is 3. The van der Waals surface area contributed by atoms with E-state index in [1.54, 1.807) is 41.5 Å². The Morgan fingerprint density at radius 3 is 1.84 bits per heavy atom. The lowest BCUT2D eigenvalue weighted by Gasteiger charge is -2.40. The highest BCUT2D eigenvalue weighted by Crippen LogP contribution is 2.43. The van der Waals surface area contributed by atoms with Crippen LogP contribution in [0.15, 0.2) is 30.3 Å². The molecule has 1 aliphatic rings. The molecule has 3 rings (SSSR count). The predicted molar refractivity (Wildman–Crippen MR) is 152 cm³/mol. The van der Waals surface area contributed by atoms with Crippen molar-refractivity contribution in [1.82, 2.24) is 15.6 Å². The minimum Gasteiger partial charge on any atom is -0.444 e. The molecular formula is C26H34Cl3N5O4. The summed E-state index contributed by atoms with van der Waals surface area (Å²) < 4.78 is 10.9. The van der Waals surface area contributed by atoms with Gasteiger partial charge in [-0.2, -0.15) is 0 Å². The number of amides is 2. The molecule has 1 fully saturated rings. The molecule has 9 nitrogen and oxygen atoms in total. The van der Waals surface area contributed by atoms with Crippen LogP contribution in [0.3, 0.4) is 0 Å². The van der Waals surface area contributed by atoms with E-state index in [0.29, 0.717) is 31.0 Å². The number of aromatic nitrogens is 1. The number of hydrogen-bond donors (Lipinski definition) is 3. The van der Waals surface area contributed by atoms with Gasteiger partial charge in [-0.25, -0.2) is 14.6 Å². The molecule has 1 aromatic carbocycles. The summed E-state index contributed by atoms with van der Waals surface area (Å²) in [7, 11) is 0. The zero-order valence-corrected chi connectivity index (χ0v) is 24.6. The molecule has 0 radical (unpaired) electrons.